The summed E-state index contributed by atoms with van der Waals surface area (Å²) in [4.78, 5) is 35.0. The lowest BCUT2D eigenvalue weighted by Crippen LogP contribution is -2.61. The Morgan fingerprint density at radius 2 is 1.63 bits per heavy atom. The Bertz CT molecular complexity index is 738. The zero-order valence-electron chi connectivity index (χ0n) is 15.3. The van der Waals surface area contributed by atoms with Gasteiger partial charge in [-0.2, -0.15) is 0 Å². The molecule has 4 aliphatic rings. The van der Waals surface area contributed by atoms with E-state index < -0.39 is 17.0 Å². The third-order valence-electron chi connectivity index (χ3n) is 6.39. The molecule has 5 rings (SSSR count). The van der Waals surface area contributed by atoms with Crippen LogP contribution in [-0.4, -0.2) is 28.4 Å². The molecule has 4 fully saturated rings. The van der Waals surface area contributed by atoms with Crippen molar-refractivity contribution >= 4 is 17.6 Å². The predicted octanol–water partition coefficient (Wildman–Crippen LogP) is 3.23. The summed E-state index contributed by atoms with van der Waals surface area (Å²) in [5.41, 5.74) is -0.0333. The Labute approximate surface area is 157 Å². The molecule has 1 aromatic rings. The summed E-state index contributed by atoms with van der Waals surface area (Å²) in [6, 6.07) is 5.17. The van der Waals surface area contributed by atoms with Crippen LogP contribution in [0.3, 0.4) is 0 Å². The number of benzene rings is 1. The molecule has 1 aromatic carbocycles. The van der Waals surface area contributed by atoms with Crippen LogP contribution in [0.2, 0.25) is 0 Å². The van der Waals surface area contributed by atoms with E-state index in [1.807, 2.05) is 0 Å². The smallest absolute Gasteiger partial charge is 0.338 e. The van der Waals surface area contributed by atoms with Gasteiger partial charge >= 0.3 is 5.97 Å². The average Bonchev–Trinajstić information content (AvgIpc) is 2.60. The summed E-state index contributed by atoms with van der Waals surface area (Å²) in [7, 11) is 0. The number of hydrogen-bond donors (Lipinski definition) is 1. The summed E-state index contributed by atoms with van der Waals surface area (Å²) < 4.78 is 5.29. The number of ether oxygens (including phenoxy) is 1. The lowest BCUT2D eigenvalue weighted by atomic mass is 9.53. The van der Waals surface area contributed by atoms with E-state index in [0.29, 0.717) is 0 Å². The van der Waals surface area contributed by atoms with E-state index in [2.05, 4.69) is 5.32 Å². The quantitative estimate of drug-likeness (QED) is 0.486. The van der Waals surface area contributed by atoms with E-state index in [4.69, 9.17) is 4.74 Å². The first-order valence-electron chi connectivity index (χ1n) is 9.61. The van der Waals surface area contributed by atoms with E-state index in [-0.39, 0.29) is 22.7 Å². The molecule has 144 valence electrons. The van der Waals surface area contributed by atoms with Gasteiger partial charge in [-0.3, -0.25) is 14.9 Å². The summed E-state index contributed by atoms with van der Waals surface area (Å²) >= 11 is 0. The molecule has 0 spiro atoms. The molecule has 7 heteroatoms. The van der Waals surface area contributed by atoms with Gasteiger partial charge in [0, 0.05) is 17.7 Å². The third-order valence-corrected chi connectivity index (χ3v) is 6.39. The van der Waals surface area contributed by atoms with E-state index in [1.165, 1.54) is 43.5 Å². The highest BCUT2D eigenvalue weighted by molar-refractivity contribution is 5.92. The van der Waals surface area contributed by atoms with E-state index >= 15 is 0 Å². The highest BCUT2D eigenvalue weighted by Crippen LogP contribution is 2.55. The number of carbonyl (C=O) groups excluding carboxylic acids is 2. The van der Waals surface area contributed by atoms with Crippen molar-refractivity contribution in [1.82, 2.24) is 5.32 Å². The number of hydrogen-bond acceptors (Lipinski definition) is 5. The Morgan fingerprint density at radius 1 is 1.11 bits per heavy atom. The van der Waals surface area contributed by atoms with Gasteiger partial charge in [0.1, 0.15) is 0 Å². The average molecular weight is 372 g/mol. The first-order chi connectivity index (χ1) is 12.8. The maximum absolute atomic E-state index is 12.7. The normalized spacial score (nSPS) is 32.0. The number of esters is 1. The minimum atomic E-state index is -0.902. The highest BCUT2D eigenvalue weighted by Gasteiger charge is 2.51. The Morgan fingerprint density at radius 3 is 2.11 bits per heavy atom. The fraction of sp³-hybridized carbons (Fsp3) is 0.600. The summed E-state index contributed by atoms with van der Waals surface area (Å²) in [6.45, 7) is 1.57. The molecular weight excluding hydrogens is 348 g/mol. The van der Waals surface area contributed by atoms with E-state index in [0.717, 1.165) is 37.0 Å². The SMILES string of the molecule is C[C@@H](OC(=O)c1ccc([N+](=O)[O-])cc1)C(=O)NC12CC3CC(CC(C3)C1)C2. The van der Waals surface area contributed by atoms with Crippen molar-refractivity contribution in [1.29, 1.82) is 0 Å². The van der Waals surface area contributed by atoms with Crippen molar-refractivity contribution in [3.8, 4) is 0 Å². The second kappa shape index (κ2) is 6.62. The number of nitro groups is 1. The number of nitrogens with zero attached hydrogens (tertiary/aromatic N) is 1. The molecule has 4 aliphatic carbocycles. The Kier molecular flexibility index (Phi) is 4.40. The van der Waals surface area contributed by atoms with Crippen molar-refractivity contribution in [2.45, 2.75) is 57.1 Å². The maximum atomic E-state index is 12.7. The Hall–Kier alpha value is -2.44. The molecular formula is C20H24N2O5. The van der Waals surface area contributed by atoms with Gasteiger partial charge in [0.05, 0.1) is 10.5 Å². The van der Waals surface area contributed by atoms with Crippen LogP contribution in [-0.2, 0) is 9.53 Å². The molecule has 27 heavy (non-hydrogen) atoms. The van der Waals surface area contributed by atoms with Crippen molar-refractivity contribution in [3.63, 3.8) is 0 Å². The van der Waals surface area contributed by atoms with Crippen LogP contribution in [0.5, 0.6) is 0 Å². The molecule has 0 aromatic heterocycles. The summed E-state index contributed by atoms with van der Waals surface area (Å²) in [5, 5.41) is 13.9. The standard InChI is InChI=1S/C20H24N2O5/c1-12(27-19(24)16-2-4-17(5-3-16)22(25)26)18(23)21-20-9-13-6-14(10-20)8-15(7-13)11-20/h2-5,12-15H,6-11H2,1H3,(H,21,23)/t12-,13?,14?,15?,20?/m1/s1. The van der Waals surface area contributed by atoms with Gasteiger partial charge in [0.15, 0.2) is 6.10 Å². The Balaban J connectivity index is 1.36. The highest BCUT2D eigenvalue weighted by atomic mass is 16.6. The van der Waals surface area contributed by atoms with E-state index in [9.17, 15) is 19.7 Å². The zero-order valence-corrected chi connectivity index (χ0v) is 15.3. The van der Waals surface area contributed by atoms with Crippen LogP contribution >= 0.6 is 0 Å². The third kappa shape index (κ3) is 3.55. The molecule has 1 atom stereocenters. The molecule has 0 aliphatic heterocycles. The van der Waals surface area contributed by atoms with Crippen LogP contribution in [0.15, 0.2) is 24.3 Å². The van der Waals surface area contributed by atoms with Gasteiger partial charge in [-0.25, -0.2) is 4.79 Å². The molecule has 4 bridgehead atoms. The van der Waals surface area contributed by atoms with Crippen LogP contribution in [0, 0.1) is 27.9 Å². The number of nitrogens with one attached hydrogen (secondary N) is 1. The summed E-state index contributed by atoms with van der Waals surface area (Å²) in [5.74, 6) is 1.24. The van der Waals surface area contributed by atoms with E-state index in [1.54, 1.807) is 6.92 Å². The number of nitro benzene ring substituents is 1. The zero-order chi connectivity index (χ0) is 19.2. The molecule has 1 amide bonds. The second-order valence-electron chi connectivity index (χ2n) is 8.54. The molecule has 1 N–H and O–H groups in total. The van der Waals surface area contributed by atoms with Gasteiger partial charge in [-0.15, -0.1) is 0 Å². The topological polar surface area (TPSA) is 98.5 Å². The van der Waals surface area contributed by atoms with Gasteiger partial charge in [0.25, 0.3) is 11.6 Å². The fourth-order valence-electron chi connectivity index (χ4n) is 5.63. The molecule has 0 saturated heterocycles. The molecule has 0 heterocycles. The number of non-ortho nitro benzene ring substituents is 1. The monoisotopic (exact) mass is 372 g/mol. The van der Waals surface area contributed by atoms with Crippen LogP contribution in [0.25, 0.3) is 0 Å². The fourth-order valence-corrected chi connectivity index (χ4v) is 5.63. The molecule has 0 radical (unpaired) electrons. The molecule has 0 unspecified atom stereocenters. The first-order valence-corrected chi connectivity index (χ1v) is 9.61. The van der Waals surface area contributed by atoms with Gasteiger partial charge in [-0.1, -0.05) is 0 Å². The second-order valence-corrected chi connectivity index (χ2v) is 8.54. The number of rotatable bonds is 5. The molecule has 4 saturated carbocycles. The predicted molar refractivity (Wildman–Crippen MR) is 97.0 cm³/mol. The van der Waals surface area contributed by atoms with Crippen molar-refractivity contribution in [2.75, 3.05) is 0 Å². The van der Waals surface area contributed by atoms with Crippen LogP contribution in [0.1, 0.15) is 55.8 Å². The number of carbonyl (C=O) groups is 2. The van der Waals surface area contributed by atoms with Crippen molar-refractivity contribution in [2.24, 2.45) is 17.8 Å². The van der Waals surface area contributed by atoms with Crippen molar-refractivity contribution < 1.29 is 19.2 Å². The largest absolute Gasteiger partial charge is 0.449 e. The lowest BCUT2D eigenvalue weighted by Gasteiger charge is -2.57. The minimum absolute atomic E-state index is 0.0980. The molecule has 7 nitrogen and oxygen atoms in total. The lowest BCUT2D eigenvalue weighted by molar-refractivity contribution is -0.384. The van der Waals surface area contributed by atoms with Gasteiger partial charge < -0.3 is 10.1 Å². The number of amides is 1. The maximum Gasteiger partial charge on any atom is 0.338 e. The summed E-state index contributed by atoms with van der Waals surface area (Å²) in [6.07, 6.45) is 6.08. The van der Waals surface area contributed by atoms with Crippen LogP contribution < -0.4 is 5.32 Å². The van der Waals surface area contributed by atoms with Crippen LogP contribution in [0.4, 0.5) is 5.69 Å². The first kappa shape index (κ1) is 17.9. The van der Waals surface area contributed by atoms with Gasteiger partial charge in [0.2, 0.25) is 0 Å². The van der Waals surface area contributed by atoms with Gasteiger partial charge in [-0.05, 0) is 75.3 Å². The minimum Gasteiger partial charge on any atom is -0.449 e. The van der Waals surface area contributed by atoms with Crippen molar-refractivity contribution in [3.05, 3.63) is 39.9 Å².